The van der Waals surface area contributed by atoms with E-state index in [1.54, 1.807) is 0 Å². The number of hydrogen-bond donors (Lipinski definition) is 1. The van der Waals surface area contributed by atoms with E-state index < -0.39 is 8.60 Å². The average Bonchev–Trinajstić information content (AvgIpc) is 2.86. The molecule has 0 rings (SSSR count). The molecule has 0 bridgehead atoms. The summed E-state index contributed by atoms with van der Waals surface area (Å²) in [6.45, 7) is 7.28. The summed E-state index contributed by atoms with van der Waals surface area (Å²) in [6, 6.07) is 0. The van der Waals surface area contributed by atoms with Crippen molar-refractivity contribution < 1.29 is 28.0 Å². The van der Waals surface area contributed by atoms with E-state index in [0.29, 0.717) is 32.7 Å². The van der Waals surface area contributed by atoms with Gasteiger partial charge in [0.1, 0.15) is 5.78 Å². The molecule has 0 saturated carbocycles. The molecule has 0 spiro atoms. The summed E-state index contributed by atoms with van der Waals surface area (Å²) in [4.78, 5) is 22.3. The van der Waals surface area contributed by atoms with Crippen LogP contribution < -0.4 is 0 Å². The molecule has 0 radical (unpaired) electrons. The van der Waals surface area contributed by atoms with E-state index in [9.17, 15) is 9.69 Å². The van der Waals surface area contributed by atoms with Gasteiger partial charge in [0.25, 0.3) is 0 Å². The van der Waals surface area contributed by atoms with E-state index in [4.69, 9.17) is 13.8 Å². The molecule has 0 fully saturated rings. The molecular weight excluding hydrogens is 497 g/mol. The SMILES string of the molecule is CCCCCCCCCCCCCCCCCOCC(COP(O)OCCC[N+](C)(C)C)CC(=O)CCC. The third-order valence-corrected chi connectivity index (χ3v) is 7.66. The number of nitrogens with zero attached hydrogens (tertiary/aromatic N) is 1. The van der Waals surface area contributed by atoms with Crippen LogP contribution >= 0.6 is 8.60 Å². The van der Waals surface area contributed by atoms with Crippen LogP contribution in [0.4, 0.5) is 0 Å². The zero-order valence-corrected chi connectivity index (χ0v) is 26.9. The second kappa shape index (κ2) is 27.1. The van der Waals surface area contributed by atoms with Gasteiger partial charge in [0.2, 0.25) is 0 Å². The standard InChI is InChI=1S/C31H65NO5P/c1-6-8-9-10-11-12-13-14-15-16-17-18-19-20-21-25-35-28-30(27-31(33)23-7-2)29-37-38(34)36-26-22-24-32(3,4)5/h30,34H,6-29H2,1-5H3/q+1. The van der Waals surface area contributed by atoms with Gasteiger partial charge in [0.05, 0.1) is 47.5 Å². The van der Waals surface area contributed by atoms with Crippen molar-refractivity contribution >= 4 is 14.4 Å². The topological polar surface area (TPSA) is 65.0 Å². The minimum absolute atomic E-state index is 0.0302. The lowest BCUT2D eigenvalue weighted by Crippen LogP contribution is -2.35. The molecule has 6 nitrogen and oxygen atoms in total. The van der Waals surface area contributed by atoms with Gasteiger partial charge in [-0.2, -0.15) is 0 Å². The van der Waals surface area contributed by atoms with Gasteiger partial charge in [0, 0.05) is 31.8 Å². The third-order valence-electron chi connectivity index (χ3n) is 6.89. The van der Waals surface area contributed by atoms with Crippen LogP contribution in [0.2, 0.25) is 0 Å². The van der Waals surface area contributed by atoms with Gasteiger partial charge in [-0.25, -0.2) is 0 Å². The Morgan fingerprint density at radius 2 is 1.21 bits per heavy atom. The quantitative estimate of drug-likeness (QED) is 0.0539. The highest BCUT2D eigenvalue weighted by atomic mass is 31.2. The first-order valence-corrected chi connectivity index (χ1v) is 17.1. The van der Waals surface area contributed by atoms with Crippen molar-refractivity contribution in [2.45, 2.75) is 136 Å². The number of quaternary nitrogens is 1. The van der Waals surface area contributed by atoms with E-state index in [1.807, 2.05) is 6.92 Å². The van der Waals surface area contributed by atoms with Gasteiger partial charge < -0.3 is 23.2 Å². The Labute approximate surface area is 238 Å². The predicted molar refractivity (Wildman–Crippen MR) is 162 cm³/mol. The second-order valence-corrected chi connectivity index (χ2v) is 13.1. The summed E-state index contributed by atoms with van der Waals surface area (Å²) < 4.78 is 17.8. The van der Waals surface area contributed by atoms with Gasteiger partial charge >= 0.3 is 8.60 Å². The van der Waals surface area contributed by atoms with Gasteiger partial charge in [-0.1, -0.05) is 104 Å². The molecule has 1 N–H and O–H groups in total. The highest BCUT2D eigenvalue weighted by Gasteiger charge is 2.18. The molecule has 0 aliphatic rings. The molecule has 0 heterocycles. The van der Waals surface area contributed by atoms with Crippen LogP contribution in [0.5, 0.6) is 0 Å². The minimum Gasteiger partial charge on any atom is -0.381 e. The summed E-state index contributed by atoms with van der Waals surface area (Å²) in [6.07, 6.45) is 23.1. The van der Waals surface area contributed by atoms with Gasteiger partial charge in [-0.3, -0.25) is 4.79 Å². The molecule has 7 heteroatoms. The molecule has 2 unspecified atom stereocenters. The molecule has 0 aromatic heterocycles. The maximum Gasteiger partial charge on any atom is 0.329 e. The lowest BCUT2D eigenvalue weighted by molar-refractivity contribution is -0.870. The molecule has 0 aromatic carbocycles. The fraction of sp³-hybridized carbons (Fsp3) is 0.968. The molecule has 38 heavy (non-hydrogen) atoms. The van der Waals surface area contributed by atoms with Crippen LogP contribution in [-0.4, -0.2) is 69.3 Å². The first-order valence-electron chi connectivity index (χ1n) is 15.9. The Morgan fingerprint density at radius 3 is 1.71 bits per heavy atom. The first-order chi connectivity index (χ1) is 18.3. The van der Waals surface area contributed by atoms with Crippen LogP contribution in [0.1, 0.15) is 136 Å². The molecule has 228 valence electrons. The molecule has 0 amide bonds. The molecule has 0 saturated heterocycles. The fourth-order valence-electron chi connectivity index (χ4n) is 4.58. The van der Waals surface area contributed by atoms with Gasteiger partial charge in [-0.15, -0.1) is 0 Å². The average molecular weight is 563 g/mol. The summed E-state index contributed by atoms with van der Waals surface area (Å²) in [5.74, 6) is 0.209. The molecule has 0 aliphatic heterocycles. The Morgan fingerprint density at radius 1 is 0.684 bits per heavy atom. The Bertz CT molecular complexity index is 515. The summed E-state index contributed by atoms with van der Waals surface area (Å²) in [5, 5.41) is 0. The van der Waals surface area contributed by atoms with Crippen LogP contribution in [0.15, 0.2) is 0 Å². The largest absolute Gasteiger partial charge is 0.381 e. The predicted octanol–water partition coefficient (Wildman–Crippen LogP) is 8.60. The summed E-state index contributed by atoms with van der Waals surface area (Å²) in [5.41, 5.74) is 0. The normalized spacial score (nSPS) is 13.6. The molecule has 0 aliphatic carbocycles. The number of ether oxygens (including phenoxy) is 1. The monoisotopic (exact) mass is 562 g/mol. The van der Waals surface area contributed by atoms with Crippen LogP contribution in [0.25, 0.3) is 0 Å². The van der Waals surface area contributed by atoms with Gasteiger partial charge in [-0.05, 0) is 12.8 Å². The highest BCUT2D eigenvalue weighted by Crippen LogP contribution is 2.34. The fourth-order valence-corrected chi connectivity index (χ4v) is 5.28. The maximum absolute atomic E-state index is 12.2. The van der Waals surface area contributed by atoms with Crippen LogP contribution in [0, 0.1) is 5.92 Å². The smallest absolute Gasteiger partial charge is 0.329 e. The van der Waals surface area contributed by atoms with Crippen molar-refractivity contribution in [3.05, 3.63) is 0 Å². The zero-order valence-electron chi connectivity index (χ0n) is 26.0. The van der Waals surface area contributed by atoms with E-state index in [-0.39, 0.29) is 11.7 Å². The minimum atomic E-state index is -1.91. The molecular formula is C31H65NO5P+. The van der Waals surface area contributed by atoms with Crippen molar-refractivity contribution in [1.29, 1.82) is 0 Å². The van der Waals surface area contributed by atoms with Crippen molar-refractivity contribution in [3.8, 4) is 0 Å². The van der Waals surface area contributed by atoms with E-state index in [0.717, 1.165) is 36.9 Å². The highest BCUT2D eigenvalue weighted by molar-refractivity contribution is 7.40. The molecule has 2 atom stereocenters. The Hall–Kier alpha value is -0.100. The first kappa shape index (κ1) is 37.9. The van der Waals surface area contributed by atoms with Gasteiger partial charge in [0.15, 0.2) is 0 Å². The lowest BCUT2D eigenvalue weighted by Gasteiger charge is -2.24. The third kappa shape index (κ3) is 28.9. The Kier molecular flexibility index (Phi) is 27.0. The van der Waals surface area contributed by atoms with Crippen molar-refractivity contribution in [2.75, 3.05) is 54.1 Å². The lowest BCUT2D eigenvalue weighted by atomic mass is 10.0. The Balaban J connectivity index is 3.80. The number of carbonyl (C=O) groups is 1. The van der Waals surface area contributed by atoms with Crippen LogP contribution in [-0.2, 0) is 18.6 Å². The number of rotatable bonds is 30. The second-order valence-electron chi connectivity index (χ2n) is 12.1. The van der Waals surface area contributed by atoms with E-state index in [1.165, 1.54) is 89.9 Å². The van der Waals surface area contributed by atoms with E-state index in [2.05, 4.69) is 28.1 Å². The van der Waals surface area contributed by atoms with Crippen molar-refractivity contribution in [2.24, 2.45) is 5.92 Å². The maximum atomic E-state index is 12.2. The molecule has 0 aromatic rings. The van der Waals surface area contributed by atoms with Crippen LogP contribution in [0.3, 0.4) is 0 Å². The zero-order chi connectivity index (χ0) is 28.3. The number of carbonyl (C=O) groups excluding carboxylic acids is 1. The number of hydrogen-bond acceptors (Lipinski definition) is 5. The van der Waals surface area contributed by atoms with Crippen molar-refractivity contribution in [3.63, 3.8) is 0 Å². The summed E-state index contributed by atoms with van der Waals surface area (Å²) >= 11 is 0. The van der Waals surface area contributed by atoms with E-state index >= 15 is 0 Å². The number of Topliss-reactive ketones (excluding diaryl/α,β-unsaturated/α-hetero) is 1. The number of ketones is 1. The van der Waals surface area contributed by atoms with Crippen molar-refractivity contribution in [1.82, 2.24) is 0 Å². The number of unbranched alkanes of at least 4 members (excludes halogenated alkanes) is 14. The summed E-state index contributed by atoms with van der Waals surface area (Å²) in [7, 11) is 4.50.